The van der Waals surface area contributed by atoms with Gasteiger partial charge in [-0.25, -0.2) is 0 Å². The molecule has 8 nitrogen and oxygen atoms in total. The van der Waals surface area contributed by atoms with Crippen LogP contribution in [0, 0.1) is 0 Å². The molecule has 0 saturated carbocycles. The molecule has 30 heavy (non-hydrogen) atoms. The minimum atomic E-state index is -0.233. The summed E-state index contributed by atoms with van der Waals surface area (Å²) in [5.41, 5.74) is 1.47. The summed E-state index contributed by atoms with van der Waals surface area (Å²) in [7, 11) is 4.52. The molecule has 0 aliphatic carbocycles. The number of rotatable bonds is 9. The van der Waals surface area contributed by atoms with Gasteiger partial charge in [0.2, 0.25) is 5.75 Å². The highest BCUT2D eigenvalue weighted by Gasteiger charge is 2.21. The van der Waals surface area contributed by atoms with Crippen molar-refractivity contribution in [3.05, 3.63) is 47.8 Å². The number of nitrogens with one attached hydrogen (secondary N) is 1. The number of benzene rings is 2. The SMILES string of the molecule is CCOc1ccc2c(C(=O)c3cc(OC)c(OC)c(OC)c3)cncc2c1NSN. The summed E-state index contributed by atoms with van der Waals surface area (Å²) < 4.78 is 24.8. The molecule has 1 aromatic heterocycles. The minimum Gasteiger partial charge on any atom is -0.493 e. The average Bonchev–Trinajstić information content (AvgIpc) is 2.78. The van der Waals surface area contributed by atoms with E-state index in [0.717, 1.165) is 17.5 Å². The van der Waals surface area contributed by atoms with Crippen LogP contribution in [-0.4, -0.2) is 38.7 Å². The normalized spacial score (nSPS) is 10.6. The Hall–Kier alpha value is -3.17. The van der Waals surface area contributed by atoms with E-state index in [9.17, 15) is 4.79 Å². The average molecular weight is 429 g/mol. The van der Waals surface area contributed by atoms with E-state index >= 15 is 0 Å². The van der Waals surface area contributed by atoms with Gasteiger partial charge in [0.1, 0.15) is 5.75 Å². The predicted molar refractivity (Wildman–Crippen MR) is 118 cm³/mol. The molecule has 158 valence electrons. The number of hydrogen-bond acceptors (Lipinski definition) is 9. The van der Waals surface area contributed by atoms with Crippen LogP contribution in [0.25, 0.3) is 10.8 Å². The summed E-state index contributed by atoms with van der Waals surface area (Å²) in [6.07, 6.45) is 3.20. The van der Waals surface area contributed by atoms with E-state index in [1.54, 1.807) is 24.4 Å². The van der Waals surface area contributed by atoms with Crippen LogP contribution in [0.3, 0.4) is 0 Å². The number of nitrogens with zero attached hydrogens (tertiary/aromatic N) is 1. The van der Waals surface area contributed by atoms with Crippen molar-refractivity contribution in [2.75, 3.05) is 32.7 Å². The number of ketones is 1. The highest BCUT2D eigenvalue weighted by atomic mass is 32.2. The van der Waals surface area contributed by atoms with Crippen LogP contribution in [0.2, 0.25) is 0 Å². The number of fused-ring (bicyclic) bond motifs is 1. The van der Waals surface area contributed by atoms with E-state index in [4.69, 9.17) is 24.1 Å². The number of hydrogen-bond donors (Lipinski definition) is 2. The molecule has 3 rings (SSSR count). The van der Waals surface area contributed by atoms with E-state index in [1.807, 2.05) is 13.0 Å². The Morgan fingerprint density at radius 2 is 1.73 bits per heavy atom. The van der Waals surface area contributed by atoms with E-state index in [0.29, 0.717) is 51.8 Å². The van der Waals surface area contributed by atoms with Gasteiger partial charge >= 0.3 is 0 Å². The smallest absolute Gasteiger partial charge is 0.203 e. The Morgan fingerprint density at radius 3 is 2.30 bits per heavy atom. The van der Waals surface area contributed by atoms with Gasteiger partial charge in [0.25, 0.3) is 0 Å². The number of carbonyl (C=O) groups excluding carboxylic acids is 1. The van der Waals surface area contributed by atoms with E-state index in [2.05, 4.69) is 9.71 Å². The fourth-order valence-corrected chi connectivity index (χ4v) is 3.54. The molecule has 3 aromatic rings. The zero-order valence-corrected chi connectivity index (χ0v) is 18.0. The lowest BCUT2D eigenvalue weighted by molar-refractivity contribution is 0.103. The maximum absolute atomic E-state index is 13.4. The molecule has 0 unspecified atom stereocenters. The summed E-state index contributed by atoms with van der Waals surface area (Å²) in [5.74, 6) is 1.60. The Kier molecular flexibility index (Phi) is 6.86. The van der Waals surface area contributed by atoms with Gasteiger partial charge in [0.05, 0.1) is 33.6 Å². The largest absolute Gasteiger partial charge is 0.493 e. The van der Waals surface area contributed by atoms with Gasteiger partial charge in [-0.15, -0.1) is 0 Å². The maximum Gasteiger partial charge on any atom is 0.203 e. The second-order valence-corrected chi connectivity index (χ2v) is 6.56. The topological polar surface area (TPSA) is 105 Å². The molecule has 0 spiro atoms. The first kappa shape index (κ1) is 21.5. The molecule has 0 fully saturated rings. The van der Waals surface area contributed by atoms with Crippen molar-refractivity contribution in [3.63, 3.8) is 0 Å². The predicted octanol–water partition coefficient (Wildman–Crippen LogP) is 3.82. The first-order valence-corrected chi connectivity index (χ1v) is 9.97. The van der Waals surface area contributed by atoms with Crippen molar-refractivity contribution in [2.45, 2.75) is 6.92 Å². The Balaban J connectivity index is 2.17. The Morgan fingerprint density at radius 1 is 1.03 bits per heavy atom. The lowest BCUT2D eigenvalue weighted by Crippen LogP contribution is -2.06. The fourth-order valence-electron chi connectivity index (χ4n) is 3.21. The molecule has 2 aromatic carbocycles. The first-order chi connectivity index (χ1) is 14.6. The van der Waals surface area contributed by atoms with Gasteiger partial charge < -0.3 is 23.7 Å². The van der Waals surface area contributed by atoms with Crippen molar-refractivity contribution in [1.29, 1.82) is 0 Å². The zero-order chi connectivity index (χ0) is 21.7. The maximum atomic E-state index is 13.4. The standard InChI is InChI=1S/C21H23N3O5S/c1-5-29-16-7-6-13-14(19(16)24-30-22)10-23-11-15(13)20(25)12-8-17(26-2)21(28-4)18(9-12)27-3/h6-11,24H,5,22H2,1-4H3. The number of methoxy groups -OCH3 is 3. The molecule has 0 radical (unpaired) electrons. The molecular weight excluding hydrogens is 406 g/mol. The fraction of sp³-hybridized carbons (Fsp3) is 0.238. The van der Waals surface area contributed by atoms with Crippen LogP contribution in [0.4, 0.5) is 5.69 Å². The molecule has 9 heteroatoms. The second kappa shape index (κ2) is 9.55. The monoisotopic (exact) mass is 429 g/mol. The highest BCUT2D eigenvalue weighted by Crippen LogP contribution is 2.40. The van der Waals surface area contributed by atoms with Crippen LogP contribution < -0.4 is 28.8 Å². The summed E-state index contributed by atoms with van der Waals surface area (Å²) >= 11 is 0.945. The number of nitrogens with two attached hydrogens (primary N) is 1. The lowest BCUT2D eigenvalue weighted by Gasteiger charge is -2.16. The van der Waals surface area contributed by atoms with Crippen molar-refractivity contribution < 1.29 is 23.7 Å². The van der Waals surface area contributed by atoms with Crippen LogP contribution in [0.1, 0.15) is 22.8 Å². The van der Waals surface area contributed by atoms with Gasteiger partial charge in [-0.2, -0.15) is 0 Å². The van der Waals surface area contributed by atoms with Crippen LogP contribution in [0.15, 0.2) is 36.7 Å². The van der Waals surface area contributed by atoms with E-state index < -0.39 is 0 Å². The van der Waals surface area contributed by atoms with E-state index in [-0.39, 0.29) is 5.78 Å². The molecule has 0 atom stereocenters. The molecule has 1 heterocycles. The summed E-state index contributed by atoms with van der Waals surface area (Å²) in [6.45, 7) is 2.39. The van der Waals surface area contributed by atoms with Gasteiger partial charge in [0, 0.05) is 41.0 Å². The Bertz CT molecular complexity index is 1050. The molecular formula is C21H23N3O5S. The van der Waals surface area contributed by atoms with Gasteiger partial charge in [-0.3, -0.25) is 14.9 Å². The molecule has 0 aliphatic heterocycles. The molecule has 0 amide bonds. The van der Waals surface area contributed by atoms with Gasteiger partial charge in [-0.05, 0) is 36.6 Å². The molecule has 0 aliphatic rings. The molecule has 3 N–H and O–H groups in total. The quantitative estimate of drug-likeness (QED) is 0.388. The lowest BCUT2D eigenvalue weighted by atomic mass is 9.98. The number of pyridine rings is 1. The van der Waals surface area contributed by atoms with Crippen molar-refractivity contribution >= 4 is 34.4 Å². The van der Waals surface area contributed by atoms with Gasteiger partial charge in [-0.1, -0.05) is 0 Å². The third-order valence-electron chi connectivity index (χ3n) is 4.54. The van der Waals surface area contributed by atoms with Crippen molar-refractivity contribution in [1.82, 2.24) is 4.98 Å². The summed E-state index contributed by atoms with van der Waals surface area (Å²) in [5, 5.41) is 7.05. The number of anilines is 1. The second-order valence-electron chi connectivity index (χ2n) is 6.12. The van der Waals surface area contributed by atoms with Crippen LogP contribution >= 0.6 is 12.1 Å². The third-order valence-corrected chi connectivity index (χ3v) is 4.86. The van der Waals surface area contributed by atoms with E-state index in [1.165, 1.54) is 27.5 Å². The third kappa shape index (κ3) is 3.94. The Labute approximate surface area is 178 Å². The van der Waals surface area contributed by atoms with Crippen molar-refractivity contribution in [2.24, 2.45) is 5.14 Å². The first-order valence-electron chi connectivity index (χ1n) is 9.09. The minimum absolute atomic E-state index is 0.233. The molecule has 0 saturated heterocycles. The zero-order valence-electron chi connectivity index (χ0n) is 17.1. The molecule has 0 bridgehead atoms. The van der Waals surface area contributed by atoms with Gasteiger partial charge in [0.15, 0.2) is 17.3 Å². The summed E-state index contributed by atoms with van der Waals surface area (Å²) in [4.78, 5) is 17.7. The number of carbonyl (C=O) groups is 1. The van der Waals surface area contributed by atoms with Crippen LogP contribution in [0.5, 0.6) is 23.0 Å². The van der Waals surface area contributed by atoms with Crippen molar-refractivity contribution in [3.8, 4) is 23.0 Å². The number of ether oxygens (including phenoxy) is 4. The highest BCUT2D eigenvalue weighted by molar-refractivity contribution is 7.98. The van der Waals surface area contributed by atoms with Crippen LogP contribution in [-0.2, 0) is 0 Å². The number of aromatic nitrogens is 1. The summed E-state index contributed by atoms with van der Waals surface area (Å²) in [6, 6.07) is 6.87.